The fourth-order valence-electron chi connectivity index (χ4n) is 4.22. The molecular formula is C15H27NO2. The maximum Gasteiger partial charge on any atom is 0.0809 e. The van der Waals surface area contributed by atoms with Gasteiger partial charge in [0.1, 0.15) is 0 Å². The zero-order valence-corrected chi connectivity index (χ0v) is 11.6. The van der Waals surface area contributed by atoms with Gasteiger partial charge in [-0.15, -0.1) is 0 Å². The minimum atomic E-state index is 0.377. The lowest BCUT2D eigenvalue weighted by atomic mass is 9.60. The smallest absolute Gasteiger partial charge is 0.0809 e. The van der Waals surface area contributed by atoms with Crippen LogP contribution in [0.5, 0.6) is 0 Å². The topological polar surface area (TPSA) is 30.5 Å². The highest BCUT2D eigenvalue weighted by Gasteiger charge is 2.56. The molecule has 1 aliphatic heterocycles. The van der Waals surface area contributed by atoms with Gasteiger partial charge in [0, 0.05) is 18.1 Å². The molecule has 3 nitrogen and oxygen atoms in total. The summed E-state index contributed by atoms with van der Waals surface area (Å²) in [5, 5.41) is 3.66. The summed E-state index contributed by atoms with van der Waals surface area (Å²) in [6, 6.07) is 0.708. The third kappa shape index (κ3) is 2.21. The van der Waals surface area contributed by atoms with Crippen molar-refractivity contribution in [2.75, 3.05) is 19.8 Å². The van der Waals surface area contributed by atoms with E-state index in [0.717, 1.165) is 19.8 Å². The lowest BCUT2D eigenvalue weighted by Gasteiger charge is -2.54. The Morgan fingerprint density at radius 3 is 2.78 bits per heavy atom. The van der Waals surface area contributed by atoms with Crippen molar-refractivity contribution >= 4 is 0 Å². The second-order valence-corrected chi connectivity index (χ2v) is 6.24. The molecule has 3 fully saturated rings. The van der Waals surface area contributed by atoms with Crippen LogP contribution < -0.4 is 5.32 Å². The van der Waals surface area contributed by atoms with Crippen LogP contribution in [0.3, 0.4) is 0 Å². The molecule has 0 aromatic carbocycles. The highest BCUT2D eigenvalue weighted by atomic mass is 16.5. The molecular weight excluding hydrogens is 226 g/mol. The predicted molar refractivity (Wildman–Crippen MR) is 71.7 cm³/mol. The molecule has 3 atom stereocenters. The highest BCUT2D eigenvalue weighted by Crippen LogP contribution is 2.54. The van der Waals surface area contributed by atoms with E-state index in [2.05, 4.69) is 12.2 Å². The number of hydrogen-bond donors (Lipinski definition) is 1. The van der Waals surface area contributed by atoms with Gasteiger partial charge in [0.2, 0.25) is 0 Å². The zero-order valence-electron chi connectivity index (χ0n) is 11.6. The molecule has 3 aliphatic rings. The Balaban J connectivity index is 1.52. The van der Waals surface area contributed by atoms with Crippen LogP contribution in [-0.2, 0) is 9.47 Å². The van der Waals surface area contributed by atoms with E-state index in [9.17, 15) is 0 Å². The van der Waals surface area contributed by atoms with Gasteiger partial charge in [0.05, 0.1) is 18.8 Å². The molecule has 0 amide bonds. The van der Waals surface area contributed by atoms with E-state index in [1.165, 1.54) is 44.9 Å². The number of ether oxygens (including phenoxy) is 2. The van der Waals surface area contributed by atoms with Gasteiger partial charge < -0.3 is 14.8 Å². The fraction of sp³-hybridized carbons (Fsp3) is 1.00. The van der Waals surface area contributed by atoms with E-state index in [0.29, 0.717) is 23.7 Å². The van der Waals surface area contributed by atoms with Gasteiger partial charge in [-0.2, -0.15) is 0 Å². The van der Waals surface area contributed by atoms with Gasteiger partial charge in [-0.25, -0.2) is 0 Å². The lowest BCUT2D eigenvalue weighted by molar-refractivity contribution is -0.149. The summed E-state index contributed by atoms with van der Waals surface area (Å²) in [5.74, 6) is 0. The van der Waals surface area contributed by atoms with Gasteiger partial charge in [-0.3, -0.25) is 0 Å². The molecule has 2 saturated carbocycles. The summed E-state index contributed by atoms with van der Waals surface area (Å²) in [6.07, 6.45) is 9.99. The molecule has 1 N–H and O–H groups in total. The summed E-state index contributed by atoms with van der Waals surface area (Å²) < 4.78 is 11.9. The van der Waals surface area contributed by atoms with Crippen LogP contribution in [0.25, 0.3) is 0 Å². The summed E-state index contributed by atoms with van der Waals surface area (Å²) >= 11 is 0. The monoisotopic (exact) mass is 253 g/mol. The van der Waals surface area contributed by atoms with Crippen molar-refractivity contribution in [3.8, 4) is 0 Å². The molecule has 0 aromatic heterocycles. The van der Waals surface area contributed by atoms with E-state index in [1.807, 2.05) is 0 Å². The Hall–Kier alpha value is -0.120. The largest absolute Gasteiger partial charge is 0.376 e. The average molecular weight is 253 g/mol. The van der Waals surface area contributed by atoms with Crippen molar-refractivity contribution in [3.63, 3.8) is 0 Å². The molecule has 1 heterocycles. The summed E-state index contributed by atoms with van der Waals surface area (Å²) in [7, 11) is 0. The van der Waals surface area contributed by atoms with Crippen molar-refractivity contribution in [2.45, 2.75) is 70.1 Å². The SMILES string of the molecule is CCNC1CC(OCC2CCCO2)C12CCCC2. The summed E-state index contributed by atoms with van der Waals surface area (Å²) in [4.78, 5) is 0. The van der Waals surface area contributed by atoms with E-state index in [4.69, 9.17) is 9.47 Å². The van der Waals surface area contributed by atoms with Gasteiger partial charge in [0.25, 0.3) is 0 Å². The van der Waals surface area contributed by atoms with Gasteiger partial charge in [0.15, 0.2) is 0 Å². The van der Waals surface area contributed by atoms with Crippen molar-refractivity contribution < 1.29 is 9.47 Å². The second kappa shape index (κ2) is 5.48. The quantitative estimate of drug-likeness (QED) is 0.816. The molecule has 0 aromatic rings. The molecule has 3 rings (SSSR count). The van der Waals surface area contributed by atoms with Crippen LogP contribution >= 0.6 is 0 Å². The highest BCUT2D eigenvalue weighted by molar-refractivity contribution is 5.09. The minimum absolute atomic E-state index is 0.377. The maximum absolute atomic E-state index is 6.21. The van der Waals surface area contributed by atoms with Crippen LogP contribution in [0.2, 0.25) is 0 Å². The third-order valence-corrected chi connectivity index (χ3v) is 5.28. The van der Waals surface area contributed by atoms with E-state index < -0.39 is 0 Å². The fourth-order valence-corrected chi connectivity index (χ4v) is 4.22. The Morgan fingerprint density at radius 1 is 1.28 bits per heavy atom. The molecule has 18 heavy (non-hydrogen) atoms. The van der Waals surface area contributed by atoms with E-state index >= 15 is 0 Å². The average Bonchev–Trinajstić information content (AvgIpc) is 3.03. The number of hydrogen-bond acceptors (Lipinski definition) is 3. The van der Waals surface area contributed by atoms with Crippen LogP contribution in [0, 0.1) is 5.41 Å². The maximum atomic E-state index is 6.21. The van der Waals surface area contributed by atoms with Crippen molar-refractivity contribution in [3.05, 3.63) is 0 Å². The molecule has 3 heteroatoms. The molecule has 1 saturated heterocycles. The van der Waals surface area contributed by atoms with Crippen molar-refractivity contribution in [1.29, 1.82) is 0 Å². The first kappa shape index (κ1) is 12.9. The lowest BCUT2D eigenvalue weighted by Crippen LogP contribution is -2.62. The molecule has 0 bridgehead atoms. The van der Waals surface area contributed by atoms with E-state index in [-0.39, 0.29) is 0 Å². The molecule has 2 aliphatic carbocycles. The van der Waals surface area contributed by atoms with Gasteiger partial charge >= 0.3 is 0 Å². The van der Waals surface area contributed by atoms with Gasteiger partial charge in [-0.05, 0) is 38.6 Å². The molecule has 1 spiro atoms. The Kier molecular flexibility index (Phi) is 3.92. The van der Waals surface area contributed by atoms with Crippen molar-refractivity contribution in [2.24, 2.45) is 5.41 Å². The second-order valence-electron chi connectivity index (χ2n) is 6.24. The van der Waals surface area contributed by atoms with Crippen LogP contribution in [0.15, 0.2) is 0 Å². The van der Waals surface area contributed by atoms with Gasteiger partial charge in [-0.1, -0.05) is 19.8 Å². The van der Waals surface area contributed by atoms with Crippen LogP contribution in [0.1, 0.15) is 51.9 Å². The van der Waals surface area contributed by atoms with Crippen molar-refractivity contribution in [1.82, 2.24) is 5.32 Å². The normalized spacial score (nSPS) is 38.2. The number of rotatable bonds is 5. The zero-order chi connectivity index (χ0) is 12.4. The first-order chi connectivity index (χ1) is 8.85. The van der Waals surface area contributed by atoms with Crippen LogP contribution in [-0.4, -0.2) is 38.0 Å². The molecule has 104 valence electrons. The first-order valence-corrected chi connectivity index (χ1v) is 7.82. The first-order valence-electron chi connectivity index (χ1n) is 7.82. The predicted octanol–water partition coefficient (Wildman–Crippen LogP) is 2.49. The Bertz CT molecular complexity index is 270. The molecule has 3 unspecified atom stereocenters. The Morgan fingerprint density at radius 2 is 2.11 bits per heavy atom. The summed E-state index contributed by atoms with van der Waals surface area (Å²) in [6.45, 7) is 5.06. The summed E-state index contributed by atoms with van der Waals surface area (Å²) in [5.41, 5.74) is 0.467. The number of nitrogens with one attached hydrogen (secondary N) is 1. The third-order valence-electron chi connectivity index (χ3n) is 5.28. The van der Waals surface area contributed by atoms with Crippen LogP contribution in [0.4, 0.5) is 0 Å². The standard InChI is InChI=1S/C15H27NO2/c1-2-16-13-10-14(15(13)7-3-4-8-15)18-11-12-6-5-9-17-12/h12-14,16H,2-11H2,1H3. The molecule has 0 radical (unpaired) electrons. The Labute approximate surface area is 111 Å². The van der Waals surface area contributed by atoms with E-state index in [1.54, 1.807) is 0 Å². The minimum Gasteiger partial charge on any atom is -0.376 e.